The van der Waals surface area contributed by atoms with E-state index in [0.29, 0.717) is 0 Å². The van der Waals surface area contributed by atoms with E-state index < -0.39 is 0 Å². The summed E-state index contributed by atoms with van der Waals surface area (Å²) in [6.07, 6.45) is 1.10. The van der Waals surface area contributed by atoms with Crippen LogP contribution in [0.25, 0.3) is 0 Å². The number of halogens is 1. The molecule has 0 saturated heterocycles. The molecule has 1 N–H and O–H groups in total. The molecule has 3 heteroatoms. The van der Waals surface area contributed by atoms with Crippen LogP contribution >= 0.6 is 15.9 Å². The molecule has 0 aliphatic carbocycles. The van der Waals surface area contributed by atoms with Crippen molar-refractivity contribution >= 4 is 15.9 Å². The van der Waals surface area contributed by atoms with Crippen LogP contribution in [0.15, 0.2) is 53.0 Å². The molecule has 0 heterocycles. The van der Waals surface area contributed by atoms with Crippen LogP contribution in [0, 0.1) is 0 Å². The molecule has 2 aromatic carbocycles. The lowest BCUT2D eigenvalue weighted by Gasteiger charge is -2.21. The van der Waals surface area contributed by atoms with Gasteiger partial charge in [-0.2, -0.15) is 0 Å². The smallest absolute Gasteiger partial charge is 0.124 e. The molecule has 112 valence electrons. The van der Waals surface area contributed by atoms with Gasteiger partial charge in [0.25, 0.3) is 0 Å². The summed E-state index contributed by atoms with van der Waals surface area (Å²) in [5.41, 5.74) is 2.50. The number of para-hydroxylation sites is 1. The molecule has 0 radical (unpaired) electrons. The predicted octanol–water partition coefficient (Wildman–Crippen LogP) is 4.74. The minimum atomic E-state index is 0.175. The highest BCUT2D eigenvalue weighted by atomic mass is 79.9. The van der Waals surface area contributed by atoms with Crippen LogP contribution in [0.2, 0.25) is 0 Å². The molecule has 0 fully saturated rings. The van der Waals surface area contributed by atoms with E-state index in [0.717, 1.165) is 16.6 Å². The SMILES string of the molecule is CNC(Cc1cccc(Br)c1)c1ccccc1OC(C)C. The lowest BCUT2D eigenvalue weighted by molar-refractivity contribution is 0.238. The van der Waals surface area contributed by atoms with Crippen LogP contribution in [0.5, 0.6) is 5.75 Å². The second-order valence-electron chi connectivity index (χ2n) is 5.38. The number of benzene rings is 2. The normalized spacial score (nSPS) is 12.4. The Bertz CT molecular complexity index is 583. The van der Waals surface area contributed by atoms with Crippen LogP contribution in [0.3, 0.4) is 0 Å². The van der Waals surface area contributed by atoms with Crippen LogP contribution in [-0.2, 0) is 6.42 Å². The van der Waals surface area contributed by atoms with Gasteiger partial charge in [0.1, 0.15) is 5.75 Å². The lowest BCUT2D eigenvalue weighted by atomic mass is 9.98. The fourth-order valence-electron chi connectivity index (χ4n) is 2.40. The van der Waals surface area contributed by atoms with Gasteiger partial charge in [-0.1, -0.05) is 46.3 Å². The van der Waals surface area contributed by atoms with E-state index in [2.05, 4.69) is 65.4 Å². The van der Waals surface area contributed by atoms with Crippen molar-refractivity contribution in [1.82, 2.24) is 5.32 Å². The zero-order valence-electron chi connectivity index (χ0n) is 12.8. The standard InChI is InChI=1S/C18H22BrNO/c1-13(2)21-18-10-5-4-9-16(18)17(20-3)12-14-7-6-8-15(19)11-14/h4-11,13,17,20H,12H2,1-3H3. The highest BCUT2D eigenvalue weighted by molar-refractivity contribution is 9.10. The molecule has 0 aromatic heterocycles. The summed E-state index contributed by atoms with van der Waals surface area (Å²) < 4.78 is 7.05. The van der Waals surface area contributed by atoms with E-state index in [1.54, 1.807) is 0 Å². The van der Waals surface area contributed by atoms with Crippen molar-refractivity contribution in [2.45, 2.75) is 32.4 Å². The predicted molar refractivity (Wildman–Crippen MR) is 91.9 cm³/mol. The summed E-state index contributed by atoms with van der Waals surface area (Å²) in [5.74, 6) is 0.960. The molecule has 21 heavy (non-hydrogen) atoms. The molecule has 1 atom stereocenters. The summed E-state index contributed by atoms with van der Waals surface area (Å²) in [7, 11) is 1.99. The van der Waals surface area contributed by atoms with Crippen molar-refractivity contribution in [2.24, 2.45) is 0 Å². The van der Waals surface area contributed by atoms with Gasteiger partial charge in [0.15, 0.2) is 0 Å². The highest BCUT2D eigenvalue weighted by Gasteiger charge is 2.15. The minimum absolute atomic E-state index is 0.175. The minimum Gasteiger partial charge on any atom is -0.491 e. The van der Waals surface area contributed by atoms with Gasteiger partial charge >= 0.3 is 0 Å². The van der Waals surface area contributed by atoms with Crippen LogP contribution < -0.4 is 10.1 Å². The van der Waals surface area contributed by atoms with Crippen LogP contribution in [0.1, 0.15) is 31.0 Å². The Hall–Kier alpha value is -1.32. The van der Waals surface area contributed by atoms with E-state index in [1.165, 1.54) is 11.1 Å². The maximum absolute atomic E-state index is 5.94. The van der Waals surface area contributed by atoms with Gasteiger partial charge in [-0.3, -0.25) is 0 Å². The van der Waals surface area contributed by atoms with Crippen molar-refractivity contribution < 1.29 is 4.74 Å². The summed E-state index contributed by atoms with van der Waals surface area (Å²) in [4.78, 5) is 0. The maximum atomic E-state index is 5.94. The van der Waals surface area contributed by atoms with Gasteiger partial charge in [0.05, 0.1) is 6.10 Å². The Kier molecular flexibility index (Phi) is 5.83. The van der Waals surface area contributed by atoms with Crippen LogP contribution in [0.4, 0.5) is 0 Å². The second-order valence-corrected chi connectivity index (χ2v) is 6.30. The fourth-order valence-corrected chi connectivity index (χ4v) is 2.84. The largest absolute Gasteiger partial charge is 0.491 e. The molecule has 2 nitrogen and oxygen atoms in total. The summed E-state index contributed by atoms with van der Waals surface area (Å²) in [5, 5.41) is 3.40. The number of hydrogen-bond donors (Lipinski definition) is 1. The monoisotopic (exact) mass is 347 g/mol. The van der Waals surface area contributed by atoms with E-state index >= 15 is 0 Å². The highest BCUT2D eigenvalue weighted by Crippen LogP contribution is 2.28. The second kappa shape index (κ2) is 7.62. The van der Waals surface area contributed by atoms with Crippen molar-refractivity contribution in [3.8, 4) is 5.75 Å². The maximum Gasteiger partial charge on any atom is 0.124 e. The lowest BCUT2D eigenvalue weighted by Crippen LogP contribution is -2.20. The Labute approximate surface area is 135 Å². The van der Waals surface area contributed by atoms with E-state index in [9.17, 15) is 0 Å². The van der Waals surface area contributed by atoms with Gasteiger partial charge in [-0.05, 0) is 51.1 Å². The number of hydrogen-bond acceptors (Lipinski definition) is 2. The average molecular weight is 348 g/mol. The number of rotatable bonds is 6. The number of nitrogens with one attached hydrogen (secondary N) is 1. The zero-order chi connectivity index (χ0) is 15.2. The molecule has 0 spiro atoms. The van der Waals surface area contributed by atoms with Crippen molar-refractivity contribution in [2.75, 3.05) is 7.05 Å². The summed E-state index contributed by atoms with van der Waals surface area (Å²) in [6, 6.07) is 16.9. The summed E-state index contributed by atoms with van der Waals surface area (Å²) in [6.45, 7) is 4.11. The first-order valence-corrected chi connectivity index (χ1v) is 8.06. The van der Waals surface area contributed by atoms with Crippen LogP contribution in [-0.4, -0.2) is 13.2 Å². The van der Waals surface area contributed by atoms with Gasteiger partial charge in [0, 0.05) is 16.1 Å². The molecule has 0 amide bonds. The first kappa shape index (κ1) is 16.1. The molecule has 1 unspecified atom stereocenters. The third-order valence-electron chi connectivity index (χ3n) is 3.33. The first-order valence-electron chi connectivity index (χ1n) is 7.27. The van der Waals surface area contributed by atoms with Gasteiger partial charge in [-0.25, -0.2) is 0 Å². The molecule has 2 rings (SSSR count). The Morgan fingerprint density at radius 3 is 2.52 bits per heavy atom. The Morgan fingerprint density at radius 1 is 1.10 bits per heavy atom. The molecular formula is C18H22BrNO. The topological polar surface area (TPSA) is 21.3 Å². The third kappa shape index (κ3) is 4.58. The zero-order valence-corrected chi connectivity index (χ0v) is 14.4. The molecule has 2 aromatic rings. The number of ether oxygens (including phenoxy) is 1. The Morgan fingerprint density at radius 2 is 1.86 bits per heavy atom. The van der Waals surface area contributed by atoms with Crippen molar-refractivity contribution in [3.63, 3.8) is 0 Å². The molecule has 0 saturated carbocycles. The van der Waals surface area contributed by atoms with Gasteiger partial charge in [-0.15, -0.1) is 0 Å². The number of likely N-dealkylation sites (N-methyl/N-ethyl adjacent to an activating group) is 1. The van der Waals surface area contributed by atoms with Gasteiger partial charge in [0.2, 0.25) is 0 Å². The molecule has 0 aliphatic rings. The fraction of sp³-hybridized carbons (Fsp3) is 0.333. The Balaban J connectivity index is 2.25. The van der Waals surface area contributed by atoms with E-state index in [-0.39, 0.29) is 12.1 Å². The molecule has 0 aliphatic heterocycles. The first-order chi connectivity index (χ1) is 10.1. The van der Waals surface area contributed by atoms with Gasteiger partial charge < -0.3 is 10.1 Å². The quantitative estimate of drug-likeness (QED) is 0.814. The summed E-state index contributed by atoms with van der Waals surface area (Å²) >= 11 is 3.53. The van der Waals surface area contributed by atoms with E-state index in [4.69, 9.17) is 4.74 Å². The average Bonchev–Trinajstić information content (AvgIpc) is 2.45. The van der Waals surface area contributed by atoms with Crippen molar-refractivity contribution in [3.05, 3.63) is 64.1 Å². The van der Waals surface area contributed by atoms with E-state index in [1.807, 2.05) is 25.2 Å². The molecule has 0 bridgehead atoms. The molecular weight excluding hydrogens is 326 g/mol. The third-order valence-corrected chi connectivity index (χ3v) is 3.83. The van der Waals surface area contributed by atoms with Crippen molar-refractivity contribution in [1.29, 1.82) is 0 Å².